The molecule has 3 nitrogen and oxygen atoms in total. The van der Waals surface area contributed by atoms with Crippen molar-refractivity contribution in [2.45, 2.75) is 25.6 Å². The summed E-state index contributed by atoms with van der Waals surface area (Å²) in [5, 5.41) is 9.65. The standard InChI is InChI=1S/C13H15F3N2O/c1-9(19)11-3-2-6-17-12(11)18-7-4-10(5-8-18)13(14,15)16/h2-4,6,9,19H,5,7-8H2,1H3/t9-/m0/s1. The second-order valence-corrected chi connectivity index (χ2v) is 4.52. The minimum Gasteiger partial charge on any atom is -0.389 e. The lowest BCUT2D eigenvalue weighted by Crippen LogP contribution is -2.33. The number of hydrogen-bond donors (Lipinski definition) is 1. The molecule has 1 N–H and O–H groups in total. The van der Waals surface area contributed by atoms with Crippen LogP contribution in [0.1, 0.15) is 25.0 Å². The number of alkyl halides is 3. The Bertz CT molecular complexity index is 483. The molecule has 2 rings (SSSR count). The van der Waals surface area contributed by atoms with Gasteiger partial charge in [-0.3, -0.25) is 0 Å². The molecular formula is C13H15F3N2O. The third-order valence-electron chi connectivity index (χ3n) is 3.14. The van der Waals surface area contributed by atoms with E-state index >= 15 is 0 Å². The average Bonchev–Trinajstić information content (AvgIpc) is 2.38. The van der Waals surface area contributed by atoms with Gasteiger partial charge in [-0.05, 0) is 19.4 Å². The number of hydrogen-bond acceptors (Lipinski definition) is 3. The fourth-order valence-electron chi connectivity index (χ4n) is 2.12. The van der Waals surface area contributed by atoms with E-state index in [9.17, 15) is 18.3 Å². The molecule has 104 valence electrons. The third kappa shape index (κ3) is 3.07. The molecule has 1 aliphatic heterocycles. The predicted molar refractivity (Wildman–Crippen MR) is 65.8 cm³/mol. The van der Waals surface area contributed by atoms with Gasteiger partial charge in [0.15, 0.2) is 0 Å². The minimum absolute atomic E-state index is 0.0562. The highest BCUT2D eigenvalue weighted by Gasteiger charge is 2.35. The van der Waals surface area contributed by atoms with Crippen molar-refractivity contribution in [2.75, 3.05) is 18.0 Å². The molecule has 1 aliphatic rings. The number of nitrogens with zero attached hydrogens (tertiary/aromatic N) is 2. The van der Waals surface area contributed by atoms with Crippen LogP contribution in [0.3, 0.4) is 0 Å². The van der Waals surface area contributed by atoms with Crippen LogP contribution in [0.4, 0.5) is 19.0 Å². The van der Waals surface area contributed by atoms with E-state index in [4.69, 9.17) is 0 Å². The maximum Gasteiger partial charge on any atom is 0.412 e. The normalized spacial score (nSPS) is 18.2. The van der Waals surface area contributed by atoms with Gasteiger partial charge in [-0.2, -0.15) is 13.2 Å². The molecule has 0 spiro atoms. The molecule has 0 fully saturated rings. The van der Waals surface area contributed by atoms with Crippen LogP contribution in [0.2, 0.25) is 0 Å². The fraction of sp³-hybridized carbons (Fsp3) is 0.462. The van der Waals surface area contributed by atoms with E-state index in [-0.39, 0.29) is 19.5 Å². The lowest BCUT2D eigenvalue weighted by molar-refractivity contribution is -0.0944. The Balaban J connectivity index is 2.21. The molecule has 1 aromatic heterocycles. The number of anilines is 1. The van der Waals surface area contributed by atoms with Crippen molar-refractivity contribution in [2.24, 2.45) is 0 Å². The summed E-state index contributed by atoms with van der Waals surface area (Å²) in [5.74, 6) is 0.551. The highest BCUT2D eigenvalue weighted by molar-refractivity contribution is 5.49. The monoisotopic (exact) mass is 272 g/mol. The molecular weight excluding hydrogens is 257 g/mol. The molecule has 19 heavy (non-hydrogen) atoms. The van der Waals surface area contributed by atoms with Crippen molar-refractivity contribution in [1.82, 2.24) is 4.98 Å². The van der Waals surface area contributed by atoms with E-state index in [0.29, 0.717) is 11.4 Å². The molecule has 0 saturated carbocycles. The number of rotatable bonds is 2. The van der Waals surface area contributed by atoms with Gasteiger partial charge in [0, 0.05) is 30.4 Å². The summed E-state index contributed by atoms with van der Waals surface area (Å²) in [6.45, 7) is 2.02. The van der Waals surface area contributed by atoms with Gasteiger partial charge in [0.1, 0.15) is 5.82 Å². The van der Waals surface area contributed by atoms with Gasteiger partial charge in [0.25, 0.3) is 0 Å². The van der Waals surface area contributed by atoms with Crippen molar-refractivity contribution in [3.8, 4) is 0 Å². The summed E-state index contributed by atoms with van der Waals surface area (Å²) in [4.78, 5) is 5.91. The van der Waals surface area contributed by atoms with E-state index in [0.717, 1.165) is 0 Å². The molecule has 0 bridgehead atoms. The zero-order valence-electron chi connectivity index (χ0n) is 10.5. The number of halogens is 3. The first-order valence-electron chi connectivity index (χ1n) is 6.03. The van der Waals surface area contributed by atoms with Crippen LogP contribution in [0, 0.1) is 0 Å². The topological polar surface area (TPSA) is 36.4 Å². The Hall–Kier alpha value is -1.56. The molecule has 0 amide bonds. The van der Waals surface area contributed by atoms with Crippen LogP contribution in [0.5, 0.6) is 0 Å². The summed E-state index contributed by atoms with van der Waals surface area (Å²) >= 11 is 0. The second kappa shape index (κ2) is 5.21. The molecule has 0 aliphatic carbocycles. The Labute approximate surface area is 109 Å². The van der Waals surface area contributed by atoms with E-state index in [1.54, 1.807) is 30.2 Å². The smallest absolute Gasteiger partial charge is 0.389 e. The largest absolute Gasteiger partial charge is 0.412 e. The molecule has 0 saturated heterocycles. The SMILES string of the molecule is C[C@H](O)c1cccnc1N1CC=C(C(F)(F)F)CC1. The Morgan fingerprint density at radius 2 is 2.16 bits per heavy atom. The lowest BCUT2D eigenvalue weighted by atomic mass is 10.1. The van der Waals surface area contributed by atoms with Crippen molar-refractivity contribution in [1.29, 1.82) is 0 Å². The second-order valence-electron chi connectivity index (χ2n) is 4.52. The van der Waals surface area contributed by atoms with Crippen LogP contribution in [0.15, 0.2) is 30.0 Å². The molecule has 0 radical (unpaired) electrons. The quantitative estimate of drug-likeness (QED) is 0.841. The highest BCUT2D eigenvalue weighted by Crippen LogP contribution is 2.32. The van der Waals surface area contributed by atoms with Crippen LogP contribution in [0.25, 0.3) is 0 Å². The van der Waals surface area contributed by atoms with Gasteiger partial charge < -0.3 is 10.0 Å². The maximum atomic E-state index is 12.5. The van der Waals surface area contributed by atoms with Gasteiger partial charge in [0.05, 0.1) is 6.10 Å². The Kier molecular flexibility index (Phi) is 3.80. The summed E-state index contributed by atoms with van der Waals surface area (Å²) < 4.78 is 37.6. The van der Waals surface area contributed by atoms with Crippen LogP contribution >= 0.6 is 0 Å². The zero-order chi connectivity index (χ0) is 14.0. The fourth-order valence-corrected chi connectivity index (χ4v) is 2.12. The van der Waals surface area contributed by atoms with E-state index in [1.165, 1.54) is 6.08 Å². The number of aliphatic hydroxyl groups is 1. The summed E-state index contributed by atoms with van der Waals surface area (Å²) in [7, 11) is 0. The first-order chi connectivity index (χ1) is 8.89. The summed E-state index contributed by atoms with van der Waals surface area (Å²) in [6.07, 6.45) is -2.24. The van der Waals surface area contributed by atoms with Crippen molar-refractivity contribution in [3.63, 3.8) is 0 Å². The third-order valence-corrected chi connectivity index (χ3v) is 3.14. The minimum atomic E-state index is -4.25. The van der Waals surface area contributed by atoms with Crippen molar-refractivity contribution >= 4 is 5.82 Å². The van der Waals surface area contributed by atoms with Gasteiger partial charge in [-0.1, -0.05) is 12.1 Å². The molecule has 0 unspecified atom stereocenters. The van der Waals surface area contributed by atoms with Crippen molar-refractivity contribution < 1.29 is 18.3 Å². The first kappa shape index (κ1) is 13.9. The number of pyridine rings is 1. The number of aliphatic hydroxyl groups excluding tert-OH is 1. The van der Waals surface area contributed by atoms with E-state index in [1.807, 2.05) is 0 Å². The van der Waals surface area contributed by atoms with Crippen molar-refractivity contribution in [3.05, 3.63) is 35.5 Å². The van der Waals surface area contributed by atoms with Gasteiger partial charge >= 0.3 is 6.18 Å². The van der Waals surface area contributed by atoms with Gasteiger partial charge in [0.2, 0.25) is 0 Å². The summed E-state index contributed by atoms with van der Waals surface area (Å²) in [5.41, 5.74) is 0.143. The predicted octanol–water partition coefficient (Wildman–Crippen LogP) is 2.83. The average molecular weight is 272 g/mol. The van der Waals surface area contributed by atoms with Crippen LogP contribution in [-0.4, -0.2) is 29.4 Å². The van der Waals surface area contributed by atoms with Gasteiger partial charge in [-0.15, -0.1) is 0 Å². The number of aromatic nitrogens is 1. The highest BCUT2D eigenvalue weighted by atomic mass is 19.4. The summed E-state index contributed by atoms with van der Waals surface area (Å²) in [6, 6.07) is 3.43. The molecule has 1 aromatic rings. The molecule has 0 aromatic carbocycles. The van der Waals surface area contributed by atoms with E-state index in [2.05, 4.69) is 4.98 Å². The zero-order valence-corrected chi connectivity index (χ0v) is 10.5. The first-order valence-corrected chi connectivity index (χ1v) is 6.03. The van der Waals surface area contributed by atoms with Gasteiger partial charge in [-0.25, -0.2) is 4.98 Å². The molecule has 2 heterocycles. The molecule has 1 atom stereocenters. The van der Waals surface area contributed by atoms with E-state index < -0.39 is 17.9 Å². The van der Waals surface area contributed by atoms with Crippen LogP contribution < -0.4 is 4.90 Å². The molecule has 6 heteroatoms. The maximum absolute atomic E-state index is 12.5. The lowest BCUT2D eigenvalue weighted by Gasteiger charge is -2.30. The Morgan fingerprint density at radius 1 is 1.42 bits per heavy atom. The van der Waals surface area contributed by atoms with Crippen LogP contribution in [-0.2, 0) is 0 Å². The Morgan fingerprint density at radius 3 is 2.68 bits per heavy atom.